The Morgan fingerprint density at radius 1 is 1.44 bits per heavy atom. The van der Waals surface area contributed by atoms with E-state index in [1.165, 1.54) is 0 Å². The van der Waals surface area contributed by atoms with Gasteiger partial charge in [-0.25, -0.2) is 4.57 Å². The lowest BCUT2D eigenvalue weighted by Crippen LogP contribution is -2.38. The highest BCUT2D eigenvalue weighted by Gasteiger charge is 2.23. The summed E-state index contributed by atoms with van der Waals surface area (Å²) >= 11 is 0. The average Bonchev–Trinajstić information content (AvgIpc) is 2.16. The first kappa shape index (κ1) is 14.1. The van der Waals surface area contributed by atoms with E-state index in [0.717, 1.165) is 13.1 Å². The second kappa shape index (κ2) is 6.69. The Balaban J connectivity index is 2.15. The van der Waals surface area contributed by atoms with E-state index in [1.54, 1.807) is 13.8 Å². The Morgan fingerprint density at radius 3 is 2.62 bits per heavy atom. The van der Waals surface area contributed by atoms with Gasteiger partial charge in [0.25, 0.3) is 0 Å². The molecule has 0 saturated carbocycles. The zero-order chi connectivity index (χ0) is 12.0. The van der Waals surface area contributed by atoms with Gasteiger partial charge in [-0.1, -0.05) is 0 Å². The minimum absolute atomic E-state index is 0.195. The largest absolute Gasteiger partial charge is 0.472 e. The van der Waals surface area contributed by atoms with Crippen LogP contribution in [0.4, 0.5) is 0 Å². The molecule has 0 radical (unpaired) electrons. The monoisotopic (exact) mass is 253 g/mol. The SMILES string of the molecule is CC(C)OP(=O)(O)OCCN1CCOCC1. The molecular formula is C9H20NO5P. The van der Waals surface area contributed by atoms with Gasteiger partial charge < -0.3 is 9.63 Å². The van der Waals surface area contributed by atoms with E-state index < -0.39 is 7.82 Å². The van der Waals surface area contributed by atoms with E-state index in [1.807, 2.05) is 0 Å². The van der Waals surface area contributed by atoms with Crippen LogP contribution in [0, 0.1) is 0 Å². The van der Waals surface area contributed by atoms with Crippen LogP contribution in [0.15, 0.2) is 0 Å². The highest BCUT2D eigenvalue weighted by atomic mass is 31.2. The van der Waals surface area contributed by atoms with Gasteiger partial charge in [0.05, 0.1) is 25.9 Å². The zero-order valence-corrected chi connectivity index (χ0v) is 10.7. The first-order valence-electron chi connectivity index (χ1n) is 5.45. The predicted octanol–water partition coefficient (Wildman–Crippen LogP) is 0.861. The van der Waals surface area contributed by atoms with Crippen molar-refractivity contribution in [1.82, 2.24) is 4.90 Å². The molecule has 0 aromatic heterocycles. The molecule has 0 bridgehead atoms. The van der Waals surface area contributed by atoms with Crippen molar-refractivity contribution in [3.05, 3.63) is 0 Å². The molecule has 1 rings (SSSR count). The number of rotatable bonds is 6. The van der Waals surface area contributed by atoms with Crippen molar-refractivity contribution >= 4 is 7.82 Å². The summed E-state index contributed by atoms with van der Waals surface area (Å²) < 4.78 is 26.1. The fraction of sp³-hybridized carbons (Fsp3) is 1.00. The Bertz CT molecular complexity index is 242. The summed E-state index contributed by atoms with van der Waals surface area (Å²) in [6.07, 6.45) is -0.320. The standard InChI is InChI=1S/C9H20NO5P/c1-9(2)15-16(11,12)14-8-5-10-3-6-13-7-4-10/h9H,3-8H2,1-2H3,(H,11,12). The van der Waals surface area contributed by atoms with Crippen LogP contribution in [0.25, 0.3) is 0 Å². The van der Waals surface area contributed by atoms with E-state index in [9.17, 15) is 9.46 Å². The van der Waals surface area contributed by atoms with E-state index >= 15 is 0 Å². The molecule has 1 atom stereocenters. The number of morpholine rings is 1. The maximum Gasteiger partial charge on any atom is 0.472 e. The lowest BCUT2D eigenvalue weighted by Gasteiger charge is -2.26. The third kappa shape index (κ3) is 5.94. The molecule has 1 aliphatic heterocycles. The van der Waals surface area contributed by atoms with Crippen LogP contribution < -0.4 is 0 Å². The molecule has 0 spiro atoms. The molecule has 16 heavy (non-hydrogen) atoms. The highest BCUT2D eigenvalue weighted by Crippen LogP contribution is 2.44. The van der Waals surface area contributed by atoms with Gasteiger partial charge in [0.2, 0.25) is 0 Å². The molecule has 7 heteroatoms. The van der Waals surface area contributed by atoms with Crippen LogP contribution in [0.1, 0.15) is 13.8 Å². The Labute approximate surface area is 96.1 Å². The maximum atomic E-state index is 11.3. The average molecular weight is 253 g/mol. The van der Waals surface area contributed by atoms with Crippen molar-refractivity contribution in [2.24, 2.45) is 0 Å². The number of phosphoric acid groups is 1. The number of nitrogens with zero attached hydrogens (tertiary/aromatic N) is 1. The quantitative estimate of drug-likeness (QED) is 0.708. The number of phosphoric ester groups is 1. The van der Waals surface area contributed by atoms with Crippen molar-refractivity contribution in [1.29, 1.82) is 0 Å². The third-order valence-electron chi connectivity index (χ3n) is 2.11. The van der Waals surface area contributed by atoms with Crippen molar-refractivity contribution in [3.63, 3.8) is 0 Å². The normalized spacial score (nSPS) is 22.2. The van der Waals surface area contributed by atoms with Crippen LogP contribution in [0.5, 0.6) is 0 Å². The van der Waals surface area contributed by atoms with Crippen molar-refractivity contribution in [2.45, 2.75) is 20.0 Å². The number of hydrogen-bond donors (Lipinski definition) is 1. The summed E-state index contributed by atoms with van der Waals surface area (Å²) in [5, 5.41) is 0. The molecular weight excluding hydrogens is 233 g/mol. The predicted molar refractivity (Wildman–Crippen MR) is 59.3 cm³/mol. The summed E-state index contributed by atoms with van der Waals surface area (Å²) in [6.45, 7) is 7.28. The van der Waals surface area contributed by atoms with Gasteiger partial charge in [-0.3, -0.25) is 13.9 Å². The second-order valence-corrected chi connectivity index (χ2v) is 5.32. The van der Waals surface area contributed by atoms with Gasteiger partial charge in [0, 0.05) is 19.6 Å². The van der Waals surface area contributed by atoms with E-state index in [0.29, 0.717) is 19.8 Å². The minimum Gasteiger partial charge on any atom is -0.379 e. The summed E-state index contributed by atoms with van der Waals surface area (Å²) in [4.78, 5) is 11.4. The molecule has 6 nitrogen and oxygen atoms in total. The van der Waals surface area contributed by atoms with Crippen molar-refractivity contribution in [3.8, 4) is 0 Å². The minimum atomic E-state index is -3.87. The Hall–Kier alpha value is 0.0300. The molecule has 96 valence electrons. The summed E-state index contributed by atoms with van der Waals surface area (Å²) in [5.41, 5.74) is 0. The first-order valence-corrected chi connectivity index (χ1v) is 6.95. The lowest BCUT2D eigenvalue weighted by atomic mass is 10.4. The molecule has 0 amide bonds. The number of ether oxygens (including phenoxy) is 1. The fourth-order valence-corrected chi connectivity index (χ4v) is 2.31. The third-order valence-corrected chi connectivity index (χ3v) is 3.31. The van der Waals surface area contributed by atoms with Crippen LogP contribution in [0.3, 0.4) is 0 Å². The van der Waals surface area contributed by atoms with Crippen molar-refractivity contribution < 1.29 is 23.2 Å². The van der Waals surface area contributed by atoms with Gasteiger partial charge in [0.1, 0.15) is 0 Å². The molecule has 1 aliphatic rings. The highest BCUT2D eigenvalue weighted by molar-refractivity contribution is 7.47. The summed E-state index contributed by atoms with van der Waals surface area (Å²) in [5.74, 6) is 0. The van der Waals surface area contributed by atoms with Gasteiger partial charge >= 0.3 is 7.82 Å². The topological polar surface area (TPSA) is 68.2 Å². The fourth-order valence-electron chi connectivity index (χ4n) is 1.41. The van der Waals surface area contributed by atoms with Crippen LogP contribution in [-0.4, -0.2) is 55.4 Å². The first-order chi connectivity index (χ1) is 7.49. The molecule has 0 aliphatic carbocycles. The van der Waals surface area contributed by atoms with E-state index in [2.05, 4.69) is 4.90 Å². The van der Waals surface area contributed by atoms with E-state index in [4.69, 9.17) is 13.8 Å². The van der Waals surface area contributed by atoms with Crippen molar-refractivity contribution in [2.75, 3.05) is 39.5 Å². The van der Waals surface area contributed by atoms with Gasteiger partial charge in [-0.2, -0.15) is 0 Å². The van der Waals surface area contributed by atoms with Crippen LogP contribution in [0.2, 0.25) is 0 Å². The maximum absolute atomic E-state index is 11.3. The van der Waals surface area contributed by atoms with Gasteiger partial charge in [-0.05, 0) is 13.8 Å². The van der Waals surface area contributed by atoms with Gasteiger partial charge in [0.15, 0.2) is 0 Å². The molecule has 1 heterocycles. The van der Waals surface area contributed by atoms with Crippen LogP contribution >= 0.6 is 7.82 Å². The molecule has 1 N–H and O–H groups in total. The molecule has 0 aromatic rings. The molecule has 1 unspecified atom stereocenters. The van der Waals surface area contributed by atoms with Gasteiger partial charge in [-0.15, -0.1) is 0 Å². The van der Waals surface area contributed by atoms with Crippen LogP contribution in [-0.2, 0) is 18.3 Å². The van der Waals surface area contributed by atoms with E-state index in [-0.39, 0.29) is 12.7 Å². The second-order valence-electron chi connectivity index (χ2n) is 3.91. The summed E-state index contributed by atoms with van der Waals surface area (Å²) in [7, 11) is -3.87. The Kier molecular flexibility index (Phi) is 5.89. The Morgan fingerprint density at radius 2 is 2.06 bits per heavy atom. The molecule has 0 aromatic carbocycles. The molecule has 1 fully saturated rings. The zero-order valence-electron chi connectivity index (χ0n) is 9.79. The summed E-state index contributed by atoms with van der Waals surface area (Å²) in [6, 6.07) is 0. The lowest BCUT2D eigenvalue weighted by molar-refractivity contribution is 0.0282. The number of hydrogen-bond acceptors (Lipinski definition) is 5. The molecule has 1 saturated heterocycles. The smallest absolute Gasteiger partial charge is 0.379 e.